The Morgan fingerprint density at radius 1 is 1.04 bits per heavy atom. The van der Waals surface area contributed by atoms with Crippen LogP contribution in [0.4, 0.5) is 11.5 Å². The second-order valence-corrected chi connectivity index (χ2v) is 7.97. The van der Waals surface area contributed by atoms with Crippen molar-refractivity contribution >= 4 is 21.5 Å². The normalized spacial score (nSPS) is 11.1. The third kappa shape index (κ3) is 5.23. The van der Waals surface area contributed by atoms with E-state index >= 15 is 0 Å². The summed E-state index contributed by atoms with van der Waals surface area (Å²) in [4.78, 5) is 4.44. The van der Waals surface area contributed by atoms with Gasteiger partial charge in [-0.1, -0.05) is 29.8 Å². The molecule has 0 saturated heterocycles. The zero-order valence-electron chi connectivity index (χ0n) is 15.8. The Morgan fingerprint density at radius 2 is 1.82 bits per heavy atom. The van der Waals surface area contributed by atoms with Crippen LogP contribution in [0.3, 0.4) is 0 Å². The predicted molar refractivity (Wildman–Crippen MR) is 111 cm³/mol. The lowest BCUT2D eigenvalue weighted by Crippen LogP contribution is -2.13. The van der Waals surface area contributed by atoms with E-state index in [-0.39, 0.29) is 4.90 Å². The first-order valence-electron chi connectivity index (χ1n) is 8.97. The Hall–Kier alpha value is -3.06. The molecule has 1 heterocycles. The molecule has 6 nitrogen and oxygen atoms in total. The van der Waals surface area contributed by atoms with Crippen LogP contribution in [0.1, 0.15) is 18.1 Å². The Balaban J connectivity index is 1.62. The van der Waals surface area contributed by atoms with Crippen LogP contribution >= 0.6 is 0 Å². The van der Waals surface area contributed by atoms with Crippen molar-refractivity contribution in [1.82, 2.24) is 4.98 Å². The summed E-state index contributed by atoms with van der Waals surface area (Å²) in [6.07, 6.45) is 1.49. The number of sulfonamides is 1. The number of benzene rings is 2. The zero-order valence-corrected chi connectivity index (χ0v) is 16.7. The summed E-state index contributed by atoms with van der Waals surface area (Å²) >= 11 is 0. The highest BCUT2D eigenvalue weighted by molar-refractivity contribution is 7.92. The van der Waals surface area contributed by atoms with Gasteiger partial charge in [-0.05, 0) is 55.8 Å². The van der Waals surface area contributed by atoms with Gasteiger partial charge in [0.2, 0.25) is 0 Å². The monoisotopic (exact) mass is 397 g/mol. The molecule has 1 aromatic heterocycles. The van der Waals surface area contributed by atoms with E-state index in [2.05, 4.69) is 21.1 Å². The lowest BCUT2D eigenvalue weighted by atomic mass is 10.1. The van der Waals surface area contributed by atoms with Gasteiger partial charge in [-0.15, -0.1) is 0 Å². The molecular formula is C21H23N3O3S. The van der Waals surface area contributed by atoms with Gasteiger partial charge in [0.15, 0.2) is 0 Å². The van der Waals surface area contributed by atoms with E-state index in [4.69, 9.17) is 4.74 Å². The van der Waals surface area contributed by atoms with Crippen LogP contribution in [-0.2, 0) is 16.6 Å². The summed E-state index contributed by atoms with van der Waals surface area (Å²) in [5, 5.41) is 3.23. The van der Waals surface area contributed by atoms with E-state index in [1.165, 1.54) is 23.9 Å². The fraction of sp³-hybridized carbons (Fsp3) is 0.190. The van der Waals surface area contributed by atoms with Gasteiger partial charge in [-0.25, -0.2) is 13.4 Å². The molecule has 0 aliphatic rings. The van der Waals surface area contributed by atoms with Crippen LogP contribution in [0, 0.1) is 6.92 Å². The topological polar surface area (TPSA) is 80.3 Å². The van der Waals surface area contributed by atoms with Crippen molar-refractivity contribution < 1.29 is 13.2 Å². The minimum absolute atomic E-state index is 0.164. The summed E-state index contributed by atoms with van der Waals surface area (Å²) < 4.78 is 32.9. The molecular weight excluding hydrogens is 374 g/mol. The molecule has 3 aromatic rings. The minimum Gasteiger partial charge on any atom is -0.494 e. The van der Waals surface area contributed by atoms with Crippen LogP contribution in [0.2, 0.25) is 0 Å². The maximum atomic E-state index is 12.5. The third-order valence-electron chi connectivity index (χ3n) is 4.02. The Kier molecular flexibility index (Phi) is 6.16. The van der Waals surface area contributed by atoms with Crippen LogP contribution in [0.25, 0.3) is 0 Å². The molecule has 0 aliphatic heterocycles. The van der Waals surface area contributed by atoms with Crippen LogP contribution < -0.4 is 14.8 Å². The molecule has 7 heteroatoms. The van der Waals surface area contributed by atoms with Gasteiger partial charge in [0.05, 0.1) is 23.4 Å². The molecule has 0 fully saturated rings. The average Bonchev–Trinajstić information content (AvgIpc) is 2.68. The van der Waals surface area contributed by atoms with Crippen molar-refractivity contribution in [2.24, 2.45) is 0 Å². The second-order valence-electron chi connectivity index (χ2n) is 6.28. The fourth-order valence-corrected chi connectivity index (χ4v) is 3.71. The van der Waals surface area contributed by atoms with Gasteiger partial charge >= 0.3 is 0 Å². The molecule has 2 N–H and O–H groups in total. The highest BCUT2D eigenvalue weighted by Gasteiger charge is 2.14. The molecule has 0 amide bonds. The van der Waals surface area contributed by atoms with Crippen molar-refractivity contribution in [3.05, 3.63) is 78.0 Å². The van der Waals surface area contributed by atoms with E-state index in [1.807, 2.05) is 32.0 Å². The lowest BCUT2D eigenvalue weighted by molar-refractivity contribution is 0.340. The molecule has 0 saturated carbocycles. The second kappa shape index (κ2) is 8.75. The van der Waals surface area contributed by atoms with E-state index in [0.717, 1.165) is 5.56 Å². The highest BCUT2D eigenvalue weighted by Crippen LogP contribution is 2.20. The number of anilines is 2. The van der Waals surface area contributed by atoms with Gasteiger partial charge in [0.1, 0.15) is 11.6 Å². The summed E-state index contributed by atoms with van der Waals surface area (Å²) in [6.45, 7) is 5.10. The molecule has 0 unspecified atom stereocenters. The SMILES string of the molecule is CCOc1ccc(S(=O)(=O)Nc2ccc(NCc3cccc(C)c3)nc2)cc1. The fourth-order valence-electron chi connectivity index (χ4n) is 2.67. The Bertz CT molecular complexity index is 1020. The van der Waals surface area contributed by atoms with Gasteiger partial charge in [-0.2, -0.15) is 0 Å². The first kappa shape index (κ1) is 19.7. The standard InChI is InChI=1S/C21H23N3O3S/c1-3-27-19-8-10-20(11-9-19)28(25,26)24-18-7-12-21(23-15-18)22-14-17-6-4-5-16(2)13-17/h4-13,15,24H,3,14H2,1-2H3,(H,22,23). The molecule has 3 rings (SSSR count). The maximum Gasteiger partial charge on any atom is 0.261 e. The van der Waals surface area contributed by atoms with Gasteiger partial charge < -0.3 is 10.1 Å². The maximum absolute atomic E-state index is 12.5. The molecule has 0 spiro atoms. The molecule has 2 aromatic carbocycles. The quantitative estimate of drug-likeness (QED) is 0.595. The first-order valence-corrected chi connectivity index (χ1v) is 10.5. The number of aromatic nitrogens is 1. The van der Waals surface area contributed by atoms with E-state index in [9.17, 15) is 8.42 Å². The summed E-state index contributed by atoms with van der Waals surface area (Å²) in [6, 6.07) is 17.9. The molecule has 0 aliphatic carbocycles. The summed E-state index contributed by atoms with van der Waals surface area (Å²) in [5.74, 6) is 1.30. The number of nitrogens with zero attached hydrogens (tertiary/aromatic N) is 1. The molecule has 0 radical (unpaired) electrons. The van der Waals surface area contributed by atoms with Crippen LogP contribution in [0.15, 0.2) is 71.8 Å². The Morgan fingerprint density at radius 3 is 2.46 bits per heavy atom. The molecule has 146 valence electrons. The molecule has 0 bridgehead atoms. The number of ether oxygens (including phenoxy) is 1. The zero-order chi connectivity index (χ0) is 20.0. The van der Waals surface area contributed by atoms with Crippen molar-refractivity contribution in [2.75, 3.05) is 16.6 Å². The van der Waals surface area contributed by atoms with Gasteiger partial charge in [0.25, 0.3) is 10.0 Å². The highest BCUT2D eigenvalue weighted by atomic mass is 32.2. The third-order valence-corrected chi connectivity index (χ3v) is 5.41. The van der Waals surface area contributed by atoms with Crippen LogP contribution in [0.5, 0.6) is 5.75 Å². The van der Waals surface area contributed by atoms with Crippen molar-refractivity contribution in [3.8, 4) is 5.75 Å². The summed E-state index contributed by atoms with van der Waals surface area (Å²) in [7, 11) is -3.68. The largest absolute Gasteiger partial charge is 0.494 e. The number of nitrogens with one attached hydrogen (secondary N) is 2. The Labute approximate surface area is 165 Å². The molecule has 0 atom stereocenters. The lowest BCUT2D eigenvalue weighted by Gasteiger charge is -2.10. The summed E-state index contributed by atoms with van der Waals surface area (Å²) in [5.41, 5.74) is 2.75. The van der Waals surface area contributed by atoms with Gasteiger partial charge in [0, 0.05) is 6.54 Å². The smallest absolute Gasteiger partial charge is 0.261 e. The van der Waals surface area contributed by atoms with Crippen molar-refractivity contribution in [2.45, 2.75) is 25.3 Å². The first-order chi connectivity index (χ1) is 13.5. The number of rotatable bonds is 8. The molecule has 28 heavy (non-hydrogen) atoms. The van der Waals surface area contributed by atoms with Gasteiger partial charge in [-0.3, -0.25) is 4.72 Å². The minimum atomic E-state index is -3.68. The number of aryl methyl sites for hydroxylation is 1. The number of pyridine rings is 1. The van der Waals surface area contributed by atoms with Crippen molar-refractivity contribution in [1.29, 1.82) is 0 Å². The number of hydrogen-bond acceptors (Lipinski definition) is 5. The van der Waals surface area contributed by atoms with E-state index < -0.39 is 10.0 Å². The predicted octanol–water partition coefficient (Wildman–Crippen LogP) is 4.20. The van der Waals surface area contributed by atoms with E-state index in [1.54, 1.807) is 24.3 Å². The van der Waals surface area contributed by atoms with E-state index in [0.29, 0.717) is 30.4 Å². The van der Waals surface area contributed by atoms with Crippen molar-refractivity contribution in [3.63, 3.8) is 0 Å². The number of hydrogen-bond donors (Lipinski definition) is 2. The average molecular weight is 398 g/mol. The van der Waals surface area contributed by atoms with Crippen LogP contribution in [-0.4, -0.2) is 20.0 Å².